The summed E-state index contributed by atoms with van der Waals surface area (Å²) in [7, 11) is 0.373. The molecule has 30 heavy (non-hydrogen) atoms. The van der Waals surface area contributed by atoms with E-state index in [2.05, 4.69) is 16.9 Å². The molecule has 1 fully saturated rings. The van der Waals surface area contributed by atoms with Gasteiger partial charge in [0.2, 0.25) is 9.84 Å². The number of benzene rings is 2. The molecule has 5 nitrogen and oxygen atoms in total. The number of rotatable bonds is 2. The summed E-state index contributed by atoms with van der Waals surface area (Å²) in [5.41, 5.74) is 4.68. The Hall–Kier alpha value is -2.28. The van der Waals surface area contributed by atoms with Crippen molar-refractivity contribution >= 4 is 44.1 Å². The second-order valence-electron chi connectivity index (χ2n) is 8.42. The van der Waals surface area contributed by atoms with E-state index in [9.17, 15) is 8.42 Å². The standard InChI is InChI=1S/C23H23N3O2S.ClH/c1-25-13-22(16-5-3-4-6-19(16)25)29(27,28)15-8-10-20-17(12-15)23-18-9-7-14(24-18)11-21(23)26(20)2;/h3-6,8,10,12-14,18,24H,7,9,11H2,1-2H3;1H. The van der Waals surface area contributed by atoms with E-state index in [1.54, 1.807) is 12.3 Å². The van der Waals surface area contributed by atoms with Gasteiger partial charge in [0.05, 0.1) is 9.79 Å². The van der Waals surface area contributed by atoms with Crippen LogP contribution in [0.15, 0.2) is 58.5 Å². The zero-order valence-corrected chi connectivity index (χ0v) is 18.6. The molecule has 156 valence electrons. The van der Waals surface area contributed by atoms with Crippen LogP contribution in [-0.2, 0) is 30.4 Å². The van der Waals surface area contributed by atoms with Gasteiger partial charge in [-0.15, -0.1) is 12.4 Å². The summed E-state index contributed by atoms with van der Waals surface area (Å²) in [5, 5.41) is 5.54. The van der Waals surface area contributed by atoms with Gasteiger partial charge in [0.1, 0.15) is 0 Å². The summed E-state index contributed by atoms with van der Waals surface area (Å²) in [6, 6.07) is 14.2. The molecule has 2 bridgehead atoms. The molecule has 0 aliphatic carbocycles. The number of fused-ring (bicyclic) bond motifs is 7. The molecule has 0 spiro atoms. The van der Waals surface area contributed by atoms with Crippen LogP contribution in [0.1, 0.15) is 30.1 Å². The fraction of sp³-hybridized carbons (Fsp3) is 0.304. The van der Waals surface area contributed by atoms with Crippen molar-refractivity contribution < 1.29 is 8.42 Å². The summed E-state index contributed by atoms with van der Waals surface area (Å²) in [6.07, 6.45) is 5.06. The van der Waals surface area contributed by atoms with Crippen LogP contribution in [0.4, 0.5) is 0 Å². The van der Waals surface area contributed by atoms with Crippen molar-refractivity contribution in [2.45, 2.75) is 41.1 Å². The lowest BCUT2D eigenvalue weighted by atomic mass is 9.99. The lowest BCUT2D eigenvalue weighted by Crippen LogP contribution is -2.32. The van der Waals surface area contributed by atoms with Crippen LogP contribution in [0, 0.1) is 0 Å². The third-order valence-corrected chi connectivity index (χ3v) is 8.60. The Morgan fingerprint density at radius 3 is 2.63 bits per heavy atom. The minimum atomic E-state index is -3.62. The Bertz CT molecular complexity index is 1420. The van der Waals surface area contributed by atoms with E-state index in [4.69, 9.17) is 0 Å². The van der Waals surface area contributed by atoms with Crippen molar-refractivity contribution in [1.82, 2.24) is 14.5 Å². The smallest absolute Gasteiger partial charge is 0.208 e. The monoisotopic (exact) mass is 441 g/mol. The number of para-hydroxylation sites is 1. The molecule has 4 aromatic rings. The van der Waals surface area contributed by atoms with Gasteiger partial charge in [-0.05, 0) is 42.7 Å². The third-order valence-electron chi connectivity index (χ3n) is 6.82. The molecule has 0 amide bonds. The van der Waals surface area contributed by atoms with Crippen LogP contribution in [0.3, 0.4) is 0 Å². The van der Waals surface area contributed by atoms with Gasteiger partial charge in [-0.2, -0.15) is 0 Å². The average Bonchev–Trinajstić information content (AvgIpc) is 3.36. The first-order chi connectivity index (χ1) is 13.9. The molecule has 6 rings (SSSR count). The largest absolute Gasteiger partial charge is 0.349 e. The van der Waals surface area contributed by atoms with Crippen molar-refractivity contribution in [3.8, 4) is 0 Å². The van der Waals surface area contributed by atoms with E-state index in [0.717, 1.165) is 34.6 Å². The topological polar surface area (TPSA) is 56.0 Å². The van der Waals surface area contributed by atoms with E-state index in [0.29, 0.717) is 21.9 Å². The molecule has 4 heterocycles. The van der Waals surface area contributed by atoms with Crippen LogP contribution in [-0.4, -0.2) is 23.6 Å². The summed E-state index contributed by atoms with van der Waals surface area (Å²) < 4.78 is 31.3. The lowest BCUT2D eigenvalue weighted by Gasteiger charge is -2.23. The first-order valence-electron chi connectivity index (χ1n) is 10.1. The van der Waals surface area contributed by atoms with Gasteiger partial charge < -0.3 is 14.5 Å². The highest BCUT2D eigenvalue weighted by Gasteiger charge is 2.36. The van der Waals surface area contributed by atoms with Gasteiger partial charge in [-0.25, -0.2) is 8.42 Å². The van der Waals surface area contributed by atoms with Crippen molar-refractivity contribution in [3.63, 3.8) is 0 Å². The molecule has 0 radical (unpaired) electrons. The minimum Gasteiger partial charge on any atom is -0.349 e. The lowest BCUT2D eigenvalue weighted by molar-refractivity contribution is 0.503. The Balaban J connectivity index is 0.00000193. The minimum absolute atomic E-state index is 0. The van der Waals surface area contributed by atoms with Gasteiger partial charge in [-0.3, -0.25) is 0 Å². The number of aromatic nitrogens is 2. The number of nitrogens with one attached hydrogen (secondary N) is 1. The molecule has 1 N–H and O–H groups in total. The molecular formula is C23H24ClN3O2S. The van der Waals surface area contributed by atoms with Crippen molar-refractivity contribution in [2.24, 2.45) is 14.1 Å². The first kappa shape index (κ1) is 19.7. The molecule has 2 aromatic carbocycles. The number of nitrogens with zero attached hydrogens (tertiary/aromatic N) is 2. The zero-order valence-electron chi connectivity index (χ0n) is 16.9. The highest BCUT2D eigenvalue weighted by molar-refractivity contribution is 7.91. The van der Waals surface area contributed by atoms with E-state index < -0.39 is 9.84 Å². The summed E-state index contributed by atoms with van der Waals surface area (Å²) >= 11 is 0. The first-order valence-corrected chi connectivity index (χ1v) is 11.6. The summed E-state index contributed by atoms with van der Waals surface area (Å²) in [5.74, 6) is 0. The van der Waals surface area contributed by atoms with E-state index in [-0.39, 0.29) is 12.4 Å². The number of sulfone groups is 1. The molecule has 2 aromatic heterocycles. The van der Waals surface area contributed by atoms with Crippen molar-refractivity contribution in [2.75, 3.05) is 0 Å². The highest BCUT2D eigenvalue weighted by atomic mass is 35.5. The van der Waals surface area contributed by atoms with Gasteiger partial charge in [0.15, 0.2) is 0 Å². The van der Waals surface area contributed by atoms with Crippen LogP contribution >= 0.6 is 12.4 Å². The Morgan fingerprint density at radius 2 is 1.80 bits per heavy atom. The fourth-order valence-corrected chi connectivity index (χ4v) is 6.93. The van der Waals surface area contributed by atoms with Crippen molar-refractivity contribution in [3.05, 3.63) is 59.9 Å². The normalized spacial score (nSPS) is 20.5. The SMILES string of the molecule is Cl.Cn1cc(S(=O)(=O)c2ccc3c(c2)c2c(n3C)CC3CCC2N3)c2ccccc21. The highest BCUT2D eigenvalue weighted by Crippen LogP contribution is 2.42. The van der Waals surface area contributed by atoms with Crippen LogP contribution < -0.4 is 5.32 Å². The molecule has 0 saturated carbocycles. The number of aryl methyl sites for hydroxylation is 2. The molecule has 2 aliphatic rings. The molecule has 2 atom stereocenters. The third kappa shape index (κ3) is 2.54. The van der Waals surface area contributed by atoms with Gasteiger partial charge in [0.25, 0.3) is 0 Å². The maximum Gasteiger partial charge on any atom is 0.208 e. The number of halogens is 1. The van der Waals surface area contributed by atoms with Crippen LogP contribution in [0.2, 0.25) is 0 Å². The number of hydrogen-bond acceptors (Lipinski definition) is 3. The second-order valence-corrected chi connectivity index (χ2v) is 10.3. The van der Waals surface area contributed by atoms with Gasteiger partial charge in [-0.1, -0.05) is 18.2 Å². The molecule has 1 saturated heterocycles. The van der Waals surface area contributed by atoms with Crippen LogP contribution in [0.25, 0.3) is 21.8 Å². The predicted octanol–water partition coefficient (Wildman–Crippen LogP) is 4.27. The van der Waals surface area contributed by atoms with Gasteiger partial charge in [0, 0.05) is 66.3 Å². The second kappa shape index (κ2) is 6.61. The van der Waals surface area contributed by atoms with Crippen LogP contribution in [0.5, 0.6) is 0 Å². The quantitative estimate of drug-likeness (QED) is 0.505. The van der Waals surface area contributed by atoms with E-state index in [1.165, 1.54) is 17.7 Å². The zero-order chi connectivity index (χ0) is 19.9. The Labute approximate surface area is 182 Å². The maximum absolute atomic E-state index is 13.6. The molecular weight excluding hydrogens is 418 g/mol. The Morgan fingerprint density at radius 1 is 1.00 bits per heavy atom. The van der Waals surface area contributed by atoms with E-state index in [1.807, 2.05) is 48.0 Å². The van der Waals surface area contributed by atoms with Crippen molar-refractivity contribution in [1.29, 1.82) is 0 Å². The molecule has 2 aliphatic heterocycles. The Kier molecular flexibility index (Phi) is 4.33. The summed E-state index contributed by atoms with van der Waals surface area (Å²) in [6.45, 7) is 0. The molecule has 2 unspecified atom stereocenters. The van der Waals surface area contributed by atoms with E-state index >= 15 is 0 Å². The number of hydrogen-bond donors (Lipinski definition) is 1. The van der Waals surface area contributed by atoms with Gasteiger partial charge >= 0.3 is 0 Å². The maximum atomic E-state index is 13.6. The summed E-state index contributed by atoms with van der Waals surface area (Å²) in [4.78, 5) is 0.744. The molecule has 7 heteroatoms. The predicted molar refractivity (Wildman–Crippen MR) is 121 cm³/mol. The fourth-order valence-electron chi connectivity index (χ4n) is 5.39. The average molecular weight is 442 g/mol.